The zero-order valence-electron chi connectivity index (χ0n) is 11.6. The first-order valence-corrected chi connectivity index (χ1v) is 7.35. The smallest absolute Gasteiger partial charge is 0.158 e. The van der Waals surface area contributed by atoms with Crippen LogP contribution in [0.3, 0.4) is 0 Å². The molecule has 1 aromatic rings. The maximum atomic E-state index is 5.74. The topological polar surface area (TPSA) is 27.7 Å². The van der Waals surface area contributed by atoms with Crippen molar-refractivity contribution in [2.45, 2.75) is 44.8 Å². The minimum absolute atomic E-state index is 0.00532. The Morgan fingerprint density at radius 1 is 1.16 bits per heavy atom. The quantitative estimate of drug-likeness (QED) is 0.833. The van der Waals surface area contributed by atoms with Gasteiger partial charge in [-0.1, -0.05) is 19.1 Å². The molecule has 104 valence electrons. The van der Waals surface area contributed by atoms with Crippen molar-refractivity contribution < 1.29 is 14.2 Å². The number of fused-ring (bicyclic) bond motifs is 1. The van der Waals surface area contributed by atoms with E-state index in [1.807, 2.05) is 0 Å². The molecule has 0 amide bonds. The fourth-order valence-electron chi connectivity index (χ4n) is 2.95. The molecular formula is C16H22O3. The molecule has 2 aliphatic heterocycles. The molecule has 0 spiro atoms. The first-order chi connectivity index (χ1) is 9.36. The summed E-state index contributed by atoms with van der Waals surface area (Å²) in [7, 11) is 0. The third kappa shape index (κ3) is 2.93. The van der Waals surface area contributed by atoms with E-state index in [-0.39, 0.29) is 6.29 Å². The molecule has 0 aliphatic carbocycles. The van der Waals surface area contributed by atoms with Crippen LogP contribution in [-0.4, -0.2) is 26.1 Å². The van der Waals surface area contributed by atoms with Gasteiger partial charge in [-0.2, -0.15) is 0 Å². The van der Waals surface area contributed by atoms with Gasteiger partial charge in [-0.05, 0) is 42.4 Å². The van der Waals surface area contributed by atoms with Gasteiger partial charge in [-0.15, -0.1) is 0 Å². The molecule has 1 fully saturated rings. The molecule has 1 atom stereocenters. The predicted octanol–water partition coefficient (Wildman–Crippen LogP) is 3.27. The van der Waals surface area contributed by atoms with Crippen molar-refractivity contribution in [3.05, 3.63) is 29.3 Å². The Labute approximate surface area is 114 Å². The number of rotatable bonds is 4. The fourth-order valence-corrected chi connectivity index (χ4v) is 2.95. The molecule has 19 heavy (non-hydrogen) atoms. The highest BCUT2D eigenvalue weighted by Crippen LogP contribution is 2.36. The van der Waals surface area contributed by atoms with E-state index in [0.29, 0.717) is 5.92 Å². The molecule has 2 heterocycles. The Kier molecular flexibility index (Phi) is 4.04. The van der Waals surface area contributed by atoms with Gasteiger partial charge in [-0.25, -0.2) is 0 Å². The molecule has 3 nitrogen and oxygen atoms in total. The zero-order chi connectivity index (χ0) is 13.1. The second kappa shape index (κ2) is 5.93. The van der Waals surface area contributed by atoms with Crippen LogP contribution in [0.4, 0.5) is 0 Å². The van der Waals surface area contributed by atoms with Crippen molar-refractivity contribution in [1.29, 1.82) is 0 Å². The van der Waals surface area contributed by atoms with Gasteiger partial charge in [0.05, 0.1) is 19.8 Å². The molecule has 0 N–H and O–H groups in total. The lowest BCUT2D eigenvalue weighted by Gasteiger charge is -2.25. The number of ether oxygens (including phenoxy) is 3. The van der Waals surface area contributed by atoms with Crippen molar-refractivity contribution in [3.8, 4) is 5.75 Å². The maximum Gasteiger partial charge on any atom is 0.158 e. The average Bonchev–Trinajstić information content (AvgIpc) is 2.97. The van der Waals surface area contributed by atoms with Gasteiger partial charge >= 0.3 is 0 Å². The Balaban J connectivity index is 1.68. The van der Waals surface area contributed by atoms with Gasteiger partial charge in [0, 0.05) is 6.42 Å². The summed E-state index contributed by atoms with van der Waals surface area (Å²) in [5, 5.41) is 0. The maximum absolute atomic E-state index is 5.74. The highest BCUT2D eigenvalue weighted by atomic mass is 16.7. The third-order valence-corrected chi connectivity index (χ3v) is 4.09. The lowest BCUT2D eigenvalue weighted by Crippen LogP contribution is -2.14. The summed E-state index contributed by atoms with van der Waals surface area (Å²) in [5.41, 5.74) is 2.75. The van der Waals surface area contributed by atoms with E-state index in [9.17, 15) is 0 Å². The van der Waals surface area contributed by atoms with Crippen molar-refractivity contribution >= 4 is 0 Å². The minimum Gasteiger partial charge on any atom is -0.493 e. The second-order valence-electron chi connectivity index (χ2n) is 5.32. The standard InChI is InChI=1S/C16H22O3/c1-2-13-7-8-17-15-5-3-12(11-14(13)15)4-6-16-18-9-10-19-16/h3,5,11,13,16H,2,4,6-10H2,1H3. The van der Waals surface area contributed by atoms with Crippen LogP contribution in [-0.2, 0) is 15.9 Å². The van der Waals surface area contributed by atoms with Gasteiger partial charge in [0.15, 0.2) is 6.29 Å². The second-order valence-corrected chi connectivity index (χ2v) is 5.32. The molecule has 0 saturated carbocycles. The van der Waals surface area contributed by atoms with Gasteiger partial charge in [-0.3, -0.25) is 0 Å². The predicted molar refractivity (Wildman–Crippen MR) is 73.6 cm³/mol. The average molecular weight is 262 g/mol. The SMILES string of the molecule is CCC1CCOc2ccc(CCC3OCCO3)cc21. The van der Waals surface area contributed by atoms with Gasteiger partial charge in [0.1, 0.15) is 5.75 Å². The number of aryl methyl sites for hydroxylation is 1. The van der Waals surface area contributed by atoms with Crippen molar-refractivity contribution in [2.75, 3.05) is 19.8 Å². The highest BCUT2D eigenvalue weighted by Gasteiger charge is 2.21. The largest absolute Gasteiger partial charge is 0.493 e. The van der Waals surface area contributed by atoms with Crippen LogP contribution in [0.2, 0.25) is 0 Å². The number of benzene rings is 1. The molecule has 2 aliphatic rings. The van der Waals surface area contributed by atoms with Crippen molar-refractivity contribution in [3.63, 3.8) is 0 Å². The van der Waals surface area contributed by atoms with Crippen LogP contribution >= 0.6 is 0 Å². The normalized spacial score (nSPS) is 23.1. The van der Waals surface area contributed by atoms with Crippen LogP contribution in [0.5, 0.6) is 5.75 Å². The van der Waals surface area contributed by atoms with Crippen LogP contribution < -0.4 is 4.74 Å². The Morgan fingerprint density at radius 3 is 2.79 bits per heavy atom. The van der Waals surface area contributed by atoms with Crippen LogP contribution in [0.15, 0.2) is 18.2 Å². The first kappa shape index (κ1) is 12.9. The number of hydrogen-bond acceptors (Lipinski definition) is 3. The highest BCUT2D eigenvalue weighted by molar-refractivity contribution is 5.41. The van der Waals surface area contributed by atoms with Crippen LogP contribution in [0, 0.1) is 0 Å². The van der Waals surface area contributed by atoms with E-state index in [1.54, 1.807) is 0 Å². The van der Waals surface area contributed by atoms with E-state index < -0.39 is 0 Å². The van der Waals surface area contributed by atoms with Gasteiger partial charge in [0.25, 0.3) is 0 Å². The number of hydrogen-bond donors (Lipinski definition) is 0. The van der Waals surface area contributed by atoms with Crippen molar-refractivity contribution in [2.24, 2.45) is 0 Å². The molecule has 1 aromatic carbocycles. The summed E-state index contributed by atoms with van der Waals surface area (Å²) >= 11 is 0. The lowest BCUT2D eigenvalue weighted by molar-refractivity contribution is -0.0462. The Hall–Kier alpha value is -1.06. The molecule has 1 saturated heterocycles. The summed E-state index contributed by atoms with van der Waals surface area (Å²) in [6, 6.07) is 6.62. The molecule has 3 rings (SSSR count). The minimum atomic E-state index is -0.00532. The van der Waals surface area contributed by atoms with Gasteiger partial charge < -0.3 is 14.2 Å². The van der Waals surface area contributed by atoms with Gasteiger partial charge in [0.2, 0.25) is 0 Å². The van der Waals surface area contributed by atoms with E-state index in [4.69, 9.17) is 14.2 Å². The van der Waals surface area contributed by atoms with Crippen molar-refractivity contribution in [1.82, 2.24) is 0 Å². The molecule has 3 heteroatoms. The monoisotopic (exact) mass is 262 g/mol. The molecule has 0 radical (unpaired) electrons. The molecule has 0 aromatic heterocycles. The first-order valence-electron chi connectivity index (χ1n) is 7.35. The van der Waals surface area contributed by atoms with E-state index in [0.717, 1.165) is 44.8 Å². The summed E-state index contributed by atoms with van der Waals surface area (Å²) in [6.07, 6.45) is 4.27. The molecule has 1 unspecified atom stereocenters. The van der Waals surface area contributed by atoms with E-state index in [2.05, 4.69) is 25.1 Å². The molecular weight excluding hydrogens is 240 g/mol. The Morgan fingerprint density at radius 2 is 2.00 bits per heavy atom. The lowest BCUT2D eigenvalue weighted by atomic mass is 9.89. The summed E-state index contributed by atoms with van der Waals surface area (Å²) in [5.74, 6) is 1.73. The third-order valence-electron chi connectivity index (χ3n) is 4.09. The summed E-state index contributed by atoms with van der Waals surface area (Å²) in [6.45, 7) is 4.59. The zero-order valence-corrected chi connectivity index (χ0v) is 11.6. The summed E-state index contributed by atoms with van der Waals surface area (Å²) < 4.78 is 16.7. The fraction of sp³-hybridized carbons (Fsp3) is 0.625. The molecule has 0 bridgehead atoms. The van der Waals surface area contributed by atoms with Crippen LogP contribution in [0.1, 0.15) is 43.2 Å². The Bertz CT molecular complexity index is 424. The summed E-state index contributed by atoms with van der Waals surface area (Å²) in [4.78, 5) is 0. The van der Waals surface area contributed by atoms with Crippen LogP contribution in [0.25, 0.3) is 0 Å². The van der Waals surface area contributed by atoms with E-state index in [1.165, 1.54) is 17.5 Å². The van der Waals surface area contributed by atoms with E-state index >= 15 is 0 Å².